The number of amides is 1. The Bertz CT molecular complexity index is 924. The molecule has 1 aromatic heterocycles. The highest BCUT2D eigenvalue weighted by atomic mass is 32.2. The number of carbonyl (C=O) groups excluding carboxylic acids is 1. The van der Waals surface area contributed by atoms with Crippen molar-refractivity contribution in [2.24, 2.45) is 11.8 Å². The normalized spacial score (nSPS) is 23.3. The van der Waals surface area contributed by atoms with Gasteiger partial charge in [-0.3, -0.25) is 14.2 Å². The molecule has 150 valence electrons. The van der Waals surface area contributed by atoms with Gasteiger partial charge in [0.1, 0.15) is 0 Å². The van der Waals surface area contributed by atoms with E-state index in [1.54, 1.807) is 6.08 Å². The van der Waals surface area contributed by atoms with E-state index >= 15 is 0 Å². The predicted molar refractivity (Wildman–Crippen MR) is 116 cm³/mol. The first kappa shape index (κ1) is 20.6. The fourth-order valence-electron chi connectivity index (χ4n) is 3.95. The van der Waals surface area contributed by atoms with Gasteiger partial charge in [0, 0.05) is 12.6 Å². The van der Waals surface area contributed by atoms with E-state index in [4.69, 9.17) is 4.98 Å². The zero-order valence-corrected chi connectivity index (χ0v) is 17.7. The van der Waals surface area contributed by atoms with Crippen LogP contribution in [0.3, 0.4) is 0 Å². The molecule has 6 heteroatoms. The average Bonchev–Trinajstić information content (AvgIpc) is 2.69. The summed E-state index contributed by atoms with van der Waals surface area (Å²) in [7, 11) is 0. The lowest BCUT2D eigenvalue weighted by atomic mass is 9.78. The third-order valence-corrected chi connectivity index (χ3v) is 6.91. The van der Waals surface area contributed by atoms with Crippen molar-refractivity contribution in [3.8, 4) is 0 Å². The number of para-hydroxylation sites is 1. The predicted octanol–water partition coefficient (Wildman–Crippen LogP) is 4.18. The van der Waals surface area contributed by atoms with Crippen molar-refractivity contribution < 1.29 is 4.79 Å². The van der Waals surface area contributed by atoms with E-state index in [9.17, 15) is 9.59 Å². The molecule has 1 aromatic carbocycles. The van der Waals surface area contributed by atoms with Gasteiger partial charge in [-0.25, -0.2) is 4.98 Å². The molecule has 0 spiro atoms. The molecule has 1 saturated carbocycles. The first-order valence-corrected chi connectivity index (χ1v) is 10.9. The van der Waals surface area contributed by atoms with Gasteiger partial charge in [0.15, 0.2) is 5.16 Å². The van der Waals surface area contributed by atoms with Crippen LogP contribution in [-0.2, 0) is 4.79 Å². The number of hydrogen-bond donors (Lipinski definition) is 1. The van der Waals surface area contributed by atoms with E-state index in [1.807, 2.05) is 35.8 Å². The fourth-order valence-corrected chi connectivity index (χ4v) is 4.94. The van der Waals surface area contributed by atoms with Crippen molar-refractivity contribution in [1.29, 1.82) is 0 Å². The zero-order valence-electron chi connectivity index (χ0n) is 16.9. The second-order valence-corrected chi connectivity index (χ2v) is 9.02. The van der Waals surface area contributed by atoms with E-state index in [0.29, 0.717) is 34.4 Å². The molecule has 0 unspecified atom stereocenters. The number of fused-ring (bicyclic) bond motifs is 1. The molecule has 28 heavy (non-hydrogen) atoms. The Kier molecular flexibility index (Phi) is 6.60. The summed E-state index contributed by atoms with van der Waals surface area (Å²) in [5.41, 5.74) is 0.680. The molecule has 1 N–H and O–H groups in total. The van der Waals surface area contributed by atoms with Gasteiger partial charge in [-0.1, -0.05) is 56.7 Å². The van der Waals surface area contributed by atoms with Crippen molar-refractivity contribution >= 4 is 28.6 Å². The lowest BCUT2D eigenvalue weighted by Gasteiger charge is -2.36. The topological polar surface area (TPSA) is 64.0 Å². The molecule has 1 heterocycles. The van der Waals surface area contributed by atoms with Crippen molar-refractivity contribution in [2.45, 2.75) is 56.5 Å². The molecule has 0 saturated heterocycles. The van der Waals surface area contributed by atoms with Gasteiger partial charge >= 0.3 is 0 Å². The summed E-state index contributed by atoms with van der Waals surface area (Å²) in [6.45, 7) is 10.4. The molecule has 2 aromatic rings. The molecule has 1 aliphatic rings. The Balaban J connectivity index is 2.05. The average molecular weight is 400 g/mol. The maximum absolute atomic E-state index is 13.4. The standard InChI is InChI=1S/C22H29N3O2S/c1-5-13-23-20(26)16(4)28-22-24-18-11-7-6-10-17(18)21(27)25(22)19-12-8-9-14(2)15(19)3/h5-7,10-11,14-16,19H,1,8-9,12-13H2,2-4H3,(H,23,26)/t14-,15-,16+,19+/m1/s1. The van der Waals surface area contributed by atoms with Gasteiger partial charge < -0.3 is 5.32 Å². The highest BCUT2D eigenvalue weighted by molar-refractivity contribution is 8.00. The third kappa shape index (κ3) is 4.17. The Morgan fingerprint density at radius 3 is 2.89 bits per heavy atom. The number of thioether (sulfide) groups is 1. The summed E-state index contributed by atoms with van der Waals surface area (Å²) < 4.78 is 1.87. The quantitative estimate of drug-likeness (QED) is 0.450. The van der Waals surface area contributed by atoms with Gasteiger partial charge in [0.25, 0.3) is 5.56 Å². The maximum Gasteiger partial charge on any atom is 0.262 e. The van der Waals surface area contributed by atoms with Gasteiger partial charge in [0.2, 0.25) is 5.91 Å². The summed E-state index contributed by atoms with van der Waals surface area (Å²) in [4.78, 5) is 30.6. The highest BCUT2D eigenvalue weighted by Crippen LogP contribution is 2.39. The SMILES string of the molecule is C=CCNC(=O)[C@H](C)Sc1nc2ccccc2c(=O)n1[C@H]1CCC[C@@H](C)[C@H]1C. The fraction of sp³-hybridized carbons (Fsp3) is 0.500. The van der Waals surface area contributed by atoms with E-state index < -0.39 is 0 Å². The summed E-state index contributed by atoms with van der Waals surface area (Å²) >= 11 is 1.36. The van der Waals surface area contributed by atoms with Crippen LogP contribution >= 0.6 is 11.8 Å². The van der Waals surface area contributed by atoms with Gasteiger partial charge in [-0.2, -0.15) is 0 Å². The third-order valence-electron chi connectivity index (χ3n) is 5.84. The minimum absolute atomic E-state index is 0.00208. The first-order chi connectivity index (χ1) is 13.4. The van der Waals surface area contributed by atoms with Crippen molar-refractivity contribution in [2.75, 3.05) is 6.54 Å². The van der Waals surface area contributed by atoms with Crippen LogP contribution in [0.2, 0.25) is 0 Å². The molecule has 3 rings (SSSR count). The second-order valence-electron chi connectivity index (χ2n) is 7.72. The van der Waals surface area contributed by atoms with Crippen LogP contribution in [0.1, 0.15) is 46.1 Å². The molecule has 5 nitrogen and oxygen atoms in total. The summed E-state index contributed by atoms with van der Waals surface area (Å²) in [5.74, 6) is 0.867. The van der Waals surface area contributed by atoms with Crippen LogP contribution in [0.5, 0.6) is 0 Å². The smallest absolute Gasteiger partial charge is 0.262 e. The number of aromatic nitrogens is 2. The van der Waals surface area contributed by atoms with Crippen LogP contribution in [0.25, 0.3) is 10.9 Å². The molecule has 0 bridgehead atoms. The van der Waals surface area contributed by atoms with E-state index in [-0.39, 0.29) is 22.8 Å². The lowest BCUT2D eigenvalue weighted by Crippen LogP contribution is -2.36. The van der Waals surface area contributed by atoms with Crippen LogP contribution < -0.4 is 10.9 Å². The molecule has 1 fully saturated rings. The zero-order chi connectivity index (χ0) is 20.3. The van der Waals surface area contributed by atoms with Crippen molar-refractivity contribution in [1.82, 2.24) is 14.9 Å². The van der Waals surface area contributed by atoms with Crippen LogP contribution in [-0.4, -0.2) is 27.3 Å². The lowest BCUT2D eigenvalue weighted by molar-refractivity contribution is -0.120. The van der Waals surface area contributed by atoms with Crippen LogP contribution in [0.4, 0.5) is 0 Å². The van der Waals surface area contributed by atoms with Gasteiger partial charge in [-0.15, -0.1) is 6.58 Å². The van der Waals surface area contributed by atoms with E-state index in [0.717, 1.165) is 12.8 Å². The molecule has 0 aliphatic heterocycles. The van der Waals surface area contributed by atoms with E-state index in [1.165, 1.54) is 18.2 Å². The number of nitrogens with one attached hydrogen (secondary N) is 1. The van der Waals surface area contributed by atoms with Crippen molar-refractivity contribution in [3.63, 3.8) is 0 Å². The minimum Gasteiger partial charge on any atom is -0.352 e. The van der Waals surface area contributed by atoms with Gasteiger partial charge in [0.05, 0.1) is 16.2 Å². The highest BCUT2D eigenvalue weighted by Gasteiger charge is 2.32. The number of rotatable bonds is 6. The Hall–Kier alpha value is -2.08. The summed E-state index contributed by atoms with van der Waals surface area (Å²) in [6, 6.07) is 7.58. The molecule has 4 atom stereocenters. The molecule has 1 aliphatic carbocycles. The number of benzene rings is 1. The molecular formula is C22H29N3O2S. The Morgan fingerprint density at radius 1 is 1.39 bits per heavy atom. The van der Waals surface area contributed by atoms with E-state index in [2.05, 4.69) is 25.7 Å². The minimum atomic E-state index is -0.351. The summed E-state index contributed by atoms with van der Waals surface area (Å²) in [5, 5.41) is 3.75. The largest absolute Gasteiger partial charge is 0.352 e. The molecular weight excluding hydrogens is 370 g/mol. The summed E-state index contributed by atoms with van der Waals surface area (Å²) in [6.07, 6.45) is 4.92. The van der Waals surface area contributed by atoms with Crippen LogP contribution in [0, 0.1) is 11.8 Å². The first-order valence-electron chi connectivity index (χ1n) is 10.0. The second kappa shape index (κ2) is 8.95. The van der Waals surface area contributed by atoms with Crippen molar-refractivity contribution in [3.05, 3.63) is 47.3 Å². The number of nitrogens with zero attached hydrogens (tertiary/aromatic N) is 2. The Labute approximate surface area is 170 Å². The number of hydrogen-bond acceptors (Lipinski definition) is 4. The van der Waals surface area contributed by atoms with Crippen LogP contribution in [0.15, 0.2) is 46.9 Å². The maximum atomic E-state index is 13.4. The molecule has 1 amide bonds. The Morgan fingerprint density at radius 2 is 2.14 bits per heavy atom. The monoisotopic (exact) mass is 399 g/mol. The number of carbonyl (C=O) groups is 1. The van der Waals surface area contributed by atoms with Gasteiger partial charge in [-0.05, 0) is 37.3 Å². The molecule has 0 radical (unpaired) electrons.